The van der Waals surface area contributed by atoms with Gasteiger partial charge in [0.2, 0.25) is 5.95 Å². The number of anilines is 3. The maximum atomic E-state index is 13.8. The Kier molecular flexibility index (Phi) is 9.64. The smallest absolute Gasteiger partial charge is 0.410 e. The Labute approximate surface area is 277 Å². The van der Waals surface area contributed by atoms with Crippen molar-refractivity contribution >= 4 is 58.6 Å². The summed E-state index contributed by atoms with van der Waals surface area (Å²) in [6.45, 7) is 3.44. The molecular formula is C32H36Cl2N8O4. The number of likely N-dealkylation sites (tertiary alicyclic amines) is 1. The first-order valence-electron chi connectivity index (χ1n) is 15.4. The molecule has 2 aromatic carbocycles. The van der Waals surface area contributed by atoms with E-state index in [2.05, 4.69) is 20.2 Å². The summed E-state index contributed by atoms with van der Waals surface area (Å²) in [6.07, 6.45) is 3.86. The third-order valence-corrected chi connectivity index (χ3v) is 9.58. The van der Waals surface area contributed by atoms with Gasteiger partial charge in [-0.1, -0.05) is 47.5 Å². The molecule has 0 radical (unpaired) electrons. The fraction of sp³-hybridized carbons (Fsp3) is 0.406. The molecule has 2 saturated heterocycles. The predicted molar refractivity (Wildman–Crippen MR) is 176 cm³/mol. The minimum atomic E-state index is -1.05. The Morgan fingerprint density at radius 3 is 2.37 bits per heavy atom. The number of piperazine rings is 1. The third kappa shape index (κ3) is 7.23. The molecule has 12 nitrogen and oxygen atoms in total. The van der Waals surface area contributed by atoms with Gasteiger partial charge in [0.1, 0.15) is 0 Å². The number of urea groups is 1. The summed E-state index contributed by atoms with van der Waals surface area (Å²) in [5, 5.41) is 3.79. The van der Waals surface area contributed by atoms with Gasteiger partial charge in [0.15, 0.2) is 6.10 Å². The Hall–Kier alpha value is -4.29. The summed E-state index contributed by atoms with van der Waals surface area (Å²) < 4.78 is 5.95. The Morgan fingerprint density at radius 2 is 1.65 bits per heavy atom. The van der Waals surface area contributed by atoms with Gasteiger partial charge >= 0.3 is 12.1 Å². The summed E-state index contributed by atoms with van der Waals surface area (Å²) in [7, 11) is 0. The van der Waals surface area contributed by atoms with Crippen LogP contribution < -0.4 is 16.0 Å². The number of para-hydroxylation sites is 1. The fourth-order valence-electron chi connectivity index (χ4n) is 6.24. The number of benzene rings is 2. The number of carbonyl (C=O) groups is 3. The second-order valence-corrected chi connectivity index (χ2v) is 12.5. The highest BCUT2D eigenvalue weighted by atomic mass is 35.5. The number of piperidine rings is 1. The van der Waals surface area contributed by atoms with Crippen LogP contribution in [0.25, 0.3) is 0 Å². The van der Waals surface area contributed by atoms with Crippen LogP contribution in [0.5, 0.6) is 0 Å². The zero-order valence-electron chi connectivity index (χ0n) is 25.3. The van der Waals surface area contributed by atoms with Gasteiger partial charge in [0.25, 0.3) is 5.91 Å². The lowest BCUT2D eigenvalue weighted by Crippen LogP contribution is -2.54. The number of nitrogens with one attached hydrogen (secondary N) is 1. The van der Waals surface area contributed by atoms with Crippen LogP contribution in [0.2, 0.25) is 10.0 Å². The summed E-state index contributed by atoms with van der Waals surface area (Å²) in [4.78, 5) is 55.8. The highest BCUT2D eigenvalue weighted by Crippen LogP contribution is 2.27. The van der Waals surface area contributed by atoms with Gasteiger partial charge in [-0.25, -0.2) is 19.6 Å². The van der Waals surface area contributed by atoms with Gasteiger partial charge in [-0.05, 0) is 48.6 Å². The number of aromatic nitrogens is 2. The summed E-state index contributed by atoms with van der Waals surface area (Å²) in [6, 6.07) is 12.8. The van der Waals surface area contributed by atoms with E-state index in [0.717, 1.165) is 28.9 Å². The van der Waals surface area contributed by atoms with Crippen molar-refractivity contribution in [3.63, 3.8) is 0 Å². The van der Waals surface area contributed by atoms with Gasteiger partial charge in [-0.15, -0.1) is 0 Å². The van der Waals surface area contributed by atoms with Crippen molar-refractivity contribution < 1.29 is 19.1 Å². The number of amides is 4. The monoisotopic (exact) mass is 666 g/mol. The van der Waals surface area contributed by atoms with Gasteiger partial charge in [-0.3, -0.25) is 4.79 Å². The molecule has 3 aliphatic heterocycles. The zero-order valence-corrected chi connectivity index (χ0v) is 26.8. The number of ether oxygens (including phenoxy) is 1. The first-order chi connectivity index (χ1) is 22.2. The first kappa shape index (κ1) is 31.7. The number of nitrogens with two attached hydrogens (primary N) is 1. The fourth-order valence-corrected chi connectivity index (χ4v) is 6.56. The van der Waals surface area contributed by atoms with E-state index in [-0.39, 0.29) is 30.3 Å². The number of fused-ring (bicyclic) bond motifs is 1. The van der Waals surface area contributed by atoms with Crippen LogP contribution in [0, 0.1) is 0 Å². The van der Waals surface area contributed by atoms with E-state index in [4.69, 9.17) is 33.7 Å². The highest BCUT2D eigenvalue weighted by molar-refractivity contribution is 6.42. The molecule has 2 fully saturated rings. The molecule has 0 bridgehead atoms. The molecule has 3 aliphatic rings. The normalized spacial score (nSPS) is 18.0. The second-order valence-electron chi connectivity index (χ2n) is 11.7. The Balaban J connectivity index is 1.08. The number of carbonyl (C=O) groups excluding carboxylic acids is 3. The molecule has 4 amide bonds. The molecule has 242 valence electrons. The molecule has 0 aliphatic carbocycles. The minimum absolute atomic E-state index is 0.00486. The van der Waals surface area contributed by atoms with E-state index >= 15 is 0 Å². The topological polar surface area (TPSA) is 137 Å². The largest absolute Gasteiger partial charge is 0.436 e. The molecule has 6 rings (SSSR count). The summed E-state index contributed by atoms with van der Waals surface area (Å²) in [5.41, 5.74) is 9.12. The predicted octanol–water partition coefficient (Wildman–Crippen LogP) is 4.32. The Bertz CT molecular complexity index is 1580. The summed E-state index contributed by atoms with van der Waals surface area (Å²) >= 11 is 12.4. The van der Waals surface area contributed by atoms with Gasteiger partial charge in [0, 0.05) is 64.0 Å². The molecule has 14 heteroatoms. The van der Waals surface area contributed by atoms with Crippen molar-refractivity contribution in [1.82, 2.24) is 24.7 Å². The van der Waals surface area contributed by atoms with E-state index in [9.17, 15) is 14.4 Å². The maximum Gasteiger partial charge on any atom is 0.410 e. The molecule has 0 saturated carbocycles. The second kappa shape index (κ2) is 14.0. The molecule has 0 spiro atoms. The number of halogens is 2. The minimum Gasteiger partial charge on any atom is -0.436 e. The molecule has 46 heavy (non-hydrogen) atoms. The SMILES string of the molecule is Nc1ncc(N2CCN(C(=O)[C@@H](Cc3ccc(Cl)c(Cl)c3)OC(=O)N3CCC(N4CCc5ccccc5NC4=O)CC3)CC2)cn1. The van der Waals surface area contributed by atoms with Gasteiger partial charge < -0.3 is 35.4 Å². The van der Waals surface area contributed by atoms with Gasteiger partial charge in [0.05, 0.1) is 28.1 Å². The van der Waals surface area contributed by atoms with E-state index < -0.39 is 12.2 Å². The van der Waals surface area contributed by atoms with E-state index in [1.54, 1.807) is 40.4 Å². The standard InChI is InChI=1S/C32H36Cl2N8O4/c33-25-6-5-21(17-26(25)34)18-28(29(43)40-15-13-39(14-16-40)24-19-36-30(35)37-20-24)46-32(45)41-10-8-23(9-11-41)42-12-7-22-3-1-2-4-27(22)38-31(42)44/h1-6,17,19-20,23,28H,7-16,18H2,(H,38,44)(H2,35,36,37)/t28-/m1/s1. The Morgan fingerprint density at radius 1 is 0.935 bits per heavy atom. The highest BCUT2D eigenvalue weighted by Gasteiger charge is 2.35. The molecule has 1 aromatic heterocycles. The summed E-state index contributed by atoms with van der Waals surface area (Å²) in [5.74, 6) is -0.0736. The molecule has 4 heterocycles. The third-order valence-electron chi connectivity index (χ3n) is 8.84. The maximum absolute atomic E-state index is 13.8. The van der Waals surface area contributed by atoms with Crippen molar-refractivity contribution in [2.24, 2.45) is 0 Å². The number of nitrogens with zero attached hydrogens (tertiary/aromatic N) is 6. The molecule has 3 N–H and O–H groups in total. The van der Waals surface area contributed by atoms with Crippen LogP contribution >= 0.6 is 23.2 Å². The average Bonchev–Trinajstić information content (AvgIpc) is 3.24. The van der Waals surface area contributed by atoms with Crippen LogP contribution in [0.1, 0.15) is 24.0 Å². The number of rotatable bonds is 6. The van der Waals surface area contributed by atoms with E-state index in [1.165, 1.54) is 0 Å². The molecule has 0 unspecified atom stereocenters. The number of nitrogen functional groups attached to an aromatic ring is 1. The van der Waals surface area contributed by atoms with Gasteiger partial charge in [-0.2, -0.15) is 0 Å². The molecular weight excluding hydrogens is 631 g/mol. The van der Waals surface area contributed by atoms with Crippen LogP contribution in [-0.2, 0) is 22.4 Å². The lowest BCUT2D eigenvalue weighted by atomic mass is 10.0. The van der Waals surface area contributed by atoms with Crippen LogP contribution in [-0.4, -0.2) is 101 Å². The van der Waals surface area contributed by atoms with E-state index in [0.29, 0.717) is 68.7 Å². The lowest BCUT2D eigenvalue weighted by molar-refractivity contribution is -0.141. The van der Waals surface area contributed by atoms with Crippen LogP contribution in [0.4, 0.5) is 26.9 Å². The van der Waals surface area contributed by atoms with Crippen LogP contribution in [0.15, 0.2) is 54.9 Å². The number of hydrogen-bond acceptors (Lipinski definition) is 8. The van der Waals surface area contributed by atoms with Crippen molar-refractivity contribution in [2.45, 2.75) is 37.8 Å². The molecule has 1 atom stereocenters. The van der Waals surface area contributed by atoms with E-state index in [1.807, 2.05) is 29.2 Å². The average molecular weight is 668 g/mol. The lowest BCUT2D eigenvalue weighted by Gasteiger charge is -2.39. The van der Waals surface area contributed by atoms with Crippen molar-refractivity contribution in [3.8, 4) is 0 Å². The zero-order chi connectivity index (χ0) is 32.2. The quantitative estimate of drug-likeness (QED) is 0.397. The van der Waals surface area contributed by atoms with Crippen LogP contribution in [0.3, 0.4) is 0 Å². The van der Waals surface area contributed by atoms with Crippen molar-refractivity contribution in [1.29, 1.82) is 0 Å². The molecule has 3 aromatic rings. The van der Waals surface area contributed by atoms with Crippen molar-refractivity contribution in [2.75, 3.05) is 61.8 Å². The first-order valence-corrected chi connectivity index (χ1v) is 16.2. The van der Waals surface area contributed by atoms with Crippen molar-refractivity contribution in [3.05, 3.63) is 76.0 Å². The number of hydrogen-bond donors (Lipinski definition) is 2.